The first kappa shape index (κ1) is 30.4. The zero-order valence-corrected chi connectivity index (χ0v) is 24.2. The van der Waals surface area contributed by atoms with E-state index in [1.165, 1.54) is 18.2 Å². The molecule has 9 N–H and O–H groups in total. The first-order valence-corrected chi connectivity index (χ1v) is 17.2. The first-order chi connectivity index (χ1) is 17.3. The average molecular weight is 664 g/mol. The summed E-state index contributed by atoms with van der Waals surface area (Å²) in [6.45, 7) is 0. The van der Waals surface area contributed by atoms with Crippen molar-refractivity contribution in [1.82, 2.24) is 0 Å². The number of rotatable bonds is 9. The second kappa shape index (κ2) is 10.8. The van der Waals surface area contributed by atoms with E-state index in [1.54, 1.807) is 0 Å². The van der Waals surface area contributed by atoms with E-state index >= 15 is 0 Å². The van der Waals surface area contributed by atoms with Crippen molar-refractivity contribution in [2.75, 3.05) is 15.3 Å². The molecule has 0 aliphatic heterocycles. The van der Waals surface area contributed by atoms with Crippen LogP contribution in [0.15, 0.2) is 69.3 Å². The molecule has 0 amide bonds. The van der Waals surface area contributed by atoms with E-state index < -0.39 is 52.4 Å². The Hall–Kier alpha value is -2.11. The molecule has 0 saturated carbocycles. The highest BCUT2D eigenvalue weighted by atomic mass is 35.5. The van der Waals surface area contributed by atoms with Crippen molar-refractivity contribution in [3.05, 3.63) is 69.7 Å². The van der Waals surface area contributed by atoms with Crippen LogP contribution < -0.4 is 30.7 Å². The number of primary sulfonamides is 3. The molecule has 0 spiro atoms. The Kier molecular flexibility index (Phi) is 8.66. The Morgan fingerprint density at radius 2 is 0.763 bits per heavy atom. The zero-order chi connectivity index (χ0) is 28.7. The fourth-order valence-electron chi connectivity index (χ4n) is 3.06. The molecule has 0 atom stereocenters. The van der Waals surface area contributed by atoms with Crippen LogP contribution in [-0.2, 0) is 34.6 Å². The minimum Gasteiger partial charge on any atom is -0.303 e. The Morgan fingerprint density at radius 3 is 0.974 bits per heavy atom. The number of benzene rings is 3. The predicted octanol–water partition coefficient (Wildman–Crippen LogP) is 3.33. The topological polar surface area (TPSA) is 234 Å². The number of hydrogen-bond acceptors (Lipinski definition) is 7. The van der Waals surface area contributed by atoms with Crippen LogP contribution in [0.25, 0.3) is 0 Å². The molecule has 13 nitrogen and oxygen atoms in total. The average Bonchev–Trinajstić information content (AvgIpc) is 2.75. The lowest BCUT2D eigenvalue weighted by Gasteiger charge is -2.26. The maximum absolute atomic E-state index is 14.3. The molecule has 0 heterocycles. The summed E-state index contributed by atoms with van der Waals surface area (Å²) in [6, 6.07) is 10.0. The van der Waals surface area contributed by atoms with Crippen LogP contribution in [0, 0.1) is 0 Å². The number of anilines is 3. The van der Waals surface area contributed by atoms with Crippen LogP contribution in [0.5, 0.6) is 0 Å². The van der Waals surface area contributed by atoms with Gasteiger partial charge in [-0.3, -0.25) is 4.57 Å². The summed E-state index contributed by atoms with van der Waals surface area (Å²) in [5.74, 6) is 0. The molecule has 0 aliphatic carbocycles. The lowest BCUT2D eigenvalue weighted by atomic mass is 10.3. The molecule has 0 fully saturated rings. The van der Waals surface area contributed by atoms with Crippen molar-refractivity contribution in [2.24, 2.45) is 15.4 Å². The second-order valence-electron chi connectivity index (χ2n) is 7.50. The van der Waals surface area contributed by atoms with E-state index in [0.29, 0.717) is 0 Å². The highest BCUT2D eigenvalue weighted by molar-refractivity contribution is 7.90. The fraction of sp³-hybridized carbons (Fsp3) is 0. The number of nitrogens with two attached hydrogens (primary N) is 3. The van der Waals surface area contributed by atoms with Crippen molar-refractivity contribution in [3.8, 4) is 0 Å². The van der Waals surface area contributed by atoms with Crippen LogP contribution in [0.2, 0.25) is 15.1 Å². The van der Waals surface area contributed by atoms with Gasteiger partial charge in [0.25, 0.3) is 0 Å². The van der Waals surface area contributed by atoms with Crippen molar-refractivity contribution in [2.45, 2.75) is 14.7 Å². The summed E-state index contributed by atoms with van der Waals surface area (Å²) in [5, 5.41) is 23.0. The summed E-state index contributed by atoms with van der Waals surface area (Å²) in [7, 11) is -17.9. The normalized spacial score (nSPS) is 12.7. The molecule has 0 aromatic heterocycles. The molecule has 0 saturated heterocycles. The molecule has 0 unspecified atom stereocenters. The van der Waals surface area contributed by atoms with E-state index in [2.05, 4.69) is 15.3 Å². The Balaban J connectivity index is 2.26. The third-order valence-corrected chi connectivity index (χ3v) is 9.81. The van der Waals surface area contributed by atoms with Gasteiger partial charge in [-0.2, -0.15) is 0 Å². The van der Waals surface area contributed by atoms with Crippen molar-refractivity contribution < 1.29 is 29.8 Å². The van der Waals surface area contributed by atoms with Crippen LogP contribution in [-0.4, -0.2) is 25.3 Å². The monoisotopic (exact) mass is 662 g/mol. The summed E-state index contributed by atoms with van der Waals surface area (Å²) < 4.78 is 87.4. The number of nitrogens with one attached hydrogen (secondary N) is 3. The van der Waals surface area contributed by atoms with Gasteiger partial charge in [0, 0.05) is 15.1 Å². The Morgan fingerprint density at radius 1 is 0.526 bits per heavy atom. The zero-order valence-electron chi connectivity index (χ0n) is 18.6. The SMILES string of the molecule is NS(=O)(=O)c1cc(Cl)ccc1NP(=O)(Nc1ccc(Cl)cc1S(N)(=O)=O)Nc1ccc(Cl)cc1S(N)(=O)=O. The van der Waals surface area contributed by atoms with Gasteiger partial charge in [-0.1, -0.05) is 34.8 Å². The minimum absolute atomic E-state index is 0.0289. The molecule has 38 heavy (non-hydrogen) atoms. The van der Waals surface area contributed by atoms with E-state index in [1.807, 2.05) is 0 Å². The molecule has 0 bridgehead atoms. The summed E-state index contributed by atoms with van der Waals surface area (Å²) in [6.07, 6.45) is 0. The summed E-state index contributed by atoms with van der Waals surface area (Å²) in [5.41, 5.74) is -1.05. The van der Waals surface area contributed by atoms with Crippen LogP contribution in [0.3, 0.4) is 0 Å². The van der Waals surface area contributed by atoms with Gasteiger partial charge in [-0.15, -0.1) is 0 Å². The molecule has 206 valence electrons. The highest BCUT2D eigenvalue weighted by Crippen LogP contribution is 2.49. The third kappa shape index (κ3) is 7.51. The van der Waals surface area contributed by atoms with E-state index in [-0.39, 0.29) is 32.1 Å². The Bertz CT molecular complexity index is 1600. The molecule has 3 rings (SSSR count). The van der Waals surface area contributed by atoms with Gasteiger partial charge in [0.15, 0.2) is 0 Å². The Labute approximate surface area is 233 Å². The predicted molar refractivity (Wildman–Crippen MR) is 147 cm³/mol. The van der Waals surface area contributed by atoms with E-state index in [0.717, 1.165) is 36.4 Å². The molecule has 3 aromatic carbocycles. The summed E-state index contributed by atoms with van der Waals surface area (Å²) in [4.78, 5) is -1.75. The lowest BCUT2D eigenvalue weighted by molar-refractivity contribution is 0.584. The van der Waals surface area contributed by atoms with Crippen molar-refractivity contribution in [3.63, 3.8) is 0 Å². The van der Waals surface area contributed by atoms with E-state index in [9.17, 15) is 29.8 Å². The maximum atomic E-state index is 14.3. The number of sulfonamides is 3. The number of hydrogen-bond donors (Lipinski definition) is 6. The van der Waals surface area contributed by atoms with Gasteiger partial charge in [0.1, 0.15) is 14.7 Å². The van der Waals surface area contributed by atoms with Crippen LogP contribution in [0.1, 0.15) is 0 Å². The molecule has 20 heteroatoms. The standard InChI is InChI=1S/C18H18Cl3N6O7PS3/c19-10-1-4-13(16(7-10)36(22,29)30)25-35(28,26-14-5-2-11(20)8-17(14)37(23,31)32)27-15-6-3-12(21)9-18(15)38(24,33)34/h1-9H,(H2,22,29,30)(H2,23,31,32)(H2,24,33,34)(H3,25,26,27,28). The largest absolute Gasteiger partial charge is 0.352 e. The van der Waals surface area contributed by atoms with Gasteiger partial charge in [-0.25, -0.2) is 40.7 Å². The van der Waals surface area contributed by atoms with Gasteiger partial charge in [0.05, 0.1) is 17.1 Å². The first-order valence-electron chi connectivity index (χ1n) is 9.70. The smallest absolute Gasteiger partial charge is 0.303 e. The second-order valence-corrected chi connectivity index (χ2v) is 15.3. The van der Waals surface area contributed by atoms with Gasteiger partial charge < -0.3 is 15.3 Å². The lowest BCUT2D eigenvalue weighted by Crippen LogP contribution is -2.21. The molecule has 0 aliphatic rings. The minimum atomic E-state index is -4.56. The quantitative estimate of drug-likeness (QED) is 0.183. The molecular weight excluding hydrogens is 646 g/mol. The molecular formula is C18H18Cl3N6O7PS3. The third-order valence-electron chi connectivity index (χ3n) is 4.58. The van der Waals surface area contributed by atoms with Gasteiger partial charge in [0.2, 0.25) is 30.1 Å². The van der Waals surface area contributed by atoms with Gasteiger partial charge >= 0.3 is 7.59 Å². The number of halogens is 3. The summed E-state index contributed by atoms with van der Waals surface area (Å²) >= 11 is 17.7. The maximum Gasteiger partial charge on any atom is 0.352 e. The van der Waals surface area contributed by atoms with Gasteiger partial charge in [-0.05, 0) is 54.6 Å². The van der Waals surface area contributed by atoms with Crippen LogP contribution in [0.4, 0.5) is 17.1 Å². The molecule has 0 radical (unpaired) electrons. The van der Waals surface area contributed by atoms with E-state index in [4.69, 9.17) is 50.2 Å². The van der Waals surface area contributed by atoms with Crippen LogP contribution >= 0.6 is 42.4 Å². The fourth-order valence-corrected chi connectivity index (χ4v) is 7.92. The highest BCUT2D eigenvalue weighted by Gasteiger charge is 2.30. The van der Waals surface area contributed by atoms with Crippen molar-refractivity contribution >= 4 is 89.5 Å². The van der Waals surface area contributed by atoms with Crippen molar-refractivity contribution in [1.29, 1.82) is 0 Å². The molecule has 3 aromatic rings.